The van der Waals surface area contributed by atoms with Gasteiger partial charge in [0.25, 0.3) is 0 Å². The van der Waals surface area contributed by atoms with Gasteiger partial charge in [-0.3, -0.25) is 4.79 Å². The minimum atomic E-state index is -0.102. The molecule has 22 heavy (non-hydrogen) atoms. The lowest BCUT2D eigenvalue weighted by Crippen LogP contribution is -2.18. The molecule has 0 saturated heterocycles. The smallest absolute Gasteiger partial charge is 0.229 e. The van der Waals surface area contributed by atoms with Crippen molar-refractivity contribution in [3.05, 3.63) is 36.0 Å². The minimum absolute atomic E-state index is 0.102. The number of nitrogens with zero attached hydrogens (tertiary/aromatic N) is 2. The molecule has 2 rings (SSSR count). The number of nitrogens with one attached hydrogen (secondary N) is 1. The molecular weight excluding hydrogens is 282 g/mol. The quantitative estimate of drug-likeness (QED) is 0.891. The Hall–Kier alpha value is -2.50. The first-order chi connectivity index (χ1) is 10.5. The summed E-state index contributed by atoms with van der Waals surface area (Å²) in [5, 5.41) is 7.07. The fourth-order valence-electron chi connectivity index (χ4n) is 2.19. The van der Waals surface area contributed by atoms with Crippen molar-refractivity contribution in [1.29, 1.82) is 0 Å². The van der Waals surface area contributed by atoms with E-state index < -0.39 is 0 Å². The Morgan fingerprint density at radius 3 is 2.59 bits per heavy atom. The monoisotopic (exact) mass is 303 g/mol. The van der Waals surface area contributed by atoms with Crippen LogP contribution in [0.15, 0.2) is 30.5 Å². The molecule has 6 heteroatoms. The maximum absolute atomic E-state index is 12.2. The van der Waals surface area contributed by atoms with Crippen LogP contribution in [0.25, 0.3) is 0 Å². The van der Waals surface area contributed by atoms with Gasteiger partial charge in [0, 0.05) is 12.1 Å². The van der Waals surface area contributed by atoms with Crippen LogP contribution in [0, 0.1) is 0 Å². The van der Waals surface area contributed by atoms with Crippen LogP contribution in [-0.4, -0.2) is 29.9 Å². The molecule has 1 aromatic carbocycles. The molecular formula is C16H21N3O3. The number of carbonyl (C=O) groups is 1. The number of hydrogen-bond donors (Lipinski definition) is 1. The summed E-state index contributed by atoms with van der Waals surface area (Å²) < 4.78 is 12.2. The lowest BCUT2D eigenvalue weighted by Gasteiger charge is -2.12. The highest BCUT2D eigenvalue weighted by Gasteiger charge is 2.11. The van der Waals surface area contributed by atoms with Crippen LogP contribution in [0.2, 0.25) is 0 Å². The molecule has 6 nitrogen and oxygen atoms in total. The van der Waals surface area contributed by atoms with E-state index in [9.17, 15) is 4.79 Å². The van der Waals surface area contributed by atoms with Crippen LogP contribution >= 0.6 is 0 Å². The van der Waals surface area contributed by atoms with E-state index >= 15 is 0 Å². The van der Waals surface area contributed by atoms with Gasteiger partial charge in [0.15, 0.2) is 11.5 Å². The molecule has 0 fully saturated rings. The van der Waals surface area contributed by atoms with Crippen molar-refractivity contribution in [3.63, 3.8) is 0 Å². The fourth-order valence-corrected chi connectivity index (χ4v) is 2.19. The van der Waals surface area contributed by atoms with Crippen LogP contribution in [0.5, 0.6) is 11.5 Å². The van der Waals surface area contributed by atoms with Crippen LogP contribution < -0.4 is 14.8 Å². The van der Waals surface area contributed by atoms with Gasteiger partial charge in [-0.15, -0.1) is 0 Å². The first kappa shape index (κ1) is 15.9. The van der Waals surface area contributed by atoms with E-state index in [0.29, 0.717) is 17.3 Å². The standard InChI is InChI=1S/C16H21N3O3/c1-11(2)19-15(7-8-17-19)18-16(20)10-12-5-6-13(21-3)14(9-12)22-4/h5-9,11H,10H2,1-4H3,(H,18,20). The summed E-state index contributed by atoms with van der Waals surface area (Å²) in [5.41, 5.74) is 0.853. The zero-order valence-electron chi connectivity index (χ0n) is 13.3. The number of methoxy groups -OCH3 is 2. The van der Waals surface area contributed by atoms with Gasteiger partial charge < -0.3 is 14.8 Å². The predicted octanol–water partition coefficient (Wildman–Crippen LogP) is 2.66. The number of anilines is 1. The van der Waals surface area contributed by atoms with Gasteiger partial charge in [0.1, 0.15) is 5.82 Å². The Kier molecular flexibility index (Phi) is 5.04. The maximum atomic E-state index is 12.2. The van der Waals surface area contributed by atoms with Crippen molar-refractivity contribution in [2.45, 2.75) is 26.3 Å². The molecule has 0 spiro atoms. The van der Waals surface area contributed by atoms with E-state index in [0.717, 1.165) is 5.56 Å². The molecule has 2 aromatic rings. The zero-order valence-corrected chi connectivity index (χ0v) is 13.3. The highest BCUT2D eigenvalue weighted by Crippen LogP contribution is 2.27. The van der Waals surface area contributed by atoms with Gasteiger partial charge in [0.05, 0.1) is 26.8 Å². The Labute approximate surface area is 130 Å². The Morgan fingerprint density at radius 2 is 1.95 bits per heavy atom. The average Bonchev–Trinajstić information content (AvgIpc) is 2.95. The highest BCUT2D eigenvalue weighted by molar-refractivity contribution is 5.91. The third kappa shape index (κ3) is 3.58. The number of ether oxygens (including phenoxy) is 2. The van der Waals surface area contributed by atoms with E-state index in [4.69, 9.17) is 9.47 Å². The second-order valence-corrected chi connectivity index (χ2v) is 5.17. The number of rotatable bonds is 6. The van der Waals surface area contributed by atoms with Gasteiger partial charge in [-0.05, 0) is 31.5 Å². The van der Waals surface area contributed by atoms with E-state index in [1.807, 2.05) is 19.9 Å². The fraction of sp³-hybridized carbons (Fsp3) is 0.375. The molecule has 0 aliphatic rings. The first-order valence-corrected chi connectivity index (χ1v) is 7.09. The van der Waals surface area contributed by atoms with Crippen molar-refractivity contribution in [2.75, 3.05) is 19.5 Å². The summed E-state index contributed by atoms with van der Waals surface area (Å²) >= 11 is 0. The maximum Gasteiger partial charge on any atom is 0.229 e. The highest BCUT2D eigenvalue weighted by atomic mass is 16.5. The molecule has 0 aliphatic heterocycles. The molecule has 1 N–H and O–H groups in total. The molecule has 118 valence electrons. The number of aromatic nitrogens is 2. The SMILES string of the molecule is COc1ccc(CC(=O)Nc2ccnn2C(C)C)cc1OC. The molecule has 1 heterocycles. The van der Waals surface area contributed by atoms with Crippen molar-refractivity contribution >= 4 is 11.7 Å². The summed E-state index contributed by atoms with van der Waals surface area (Å²) in [6.07, 6.45) is 1.93. The summed E-state index contributed by atoms with van der Waals surface area (Å²) in [5.74, 6) is 1.85. The molecule has 1 amide bonds. The van der Waals surface area contributed by atoms with E-state index in [-0.39, 0.29) is 18.4 Å². The summed E-state index contributed by atoms with van der Waals surface area (Å²) in [6.45, 7) is 4.02. The molecule has 0 unspecified atom stereocenters. The van der Waals surface area contributed by atoms with E-state index in [1.165, 1.54) is 0 Å². The lowest BCUT2D eigenvalue weighted by atomic mass is 10.1. The van der Waals surface area contributed by atoms with Crippen molar-refractivity contribution in [3.8, 4) is 11.5 Å². The molecule has 0 radical (unpaired) electrons. The second kappa shape index (κ2) is 6.98. The molecule has 0 bridgehead atoms. The van der Waals surface area contributed by atoms with Crippen molar-refractivity contribution < 1.29 is 14.3 Å². The summed E-state index contributed by atoms with van der Waals surface area (Å²) in [7, 11) is 3.15. The molecule has 1 aromatic heterocycles. The third-order valence-electron chi connectivity index (χ3n) is 3.24. The first-order valence-electron chi connectivity index (χ1n) is 7.09. The normalized spacial score (nSPS) is 10.6. The Morgan fingerprint density at radius 1 is 1.23 bits per heavy atom. The predicted molar refractivity (Wildman–Crippen MR) is 84.5 cm³/mol. The molecule has 0 saturated carbocycles. The topological polar surface area (TPSA) is 65.4 Å². The number of benzene rings is 1. The number of hydrogen-bond acceptors (Lipinski definition) is 4. The van der Waals surface area contributed by atoms with Crippen LogP contribution in [0.4, 0.5) is 5.82 Å². The van der Waals surface area contributed by atoms with Gasteiger partial charge in [-0.25, -0.2) is 4.68 Å². The Balaban J connectivity index is 2.07. The van der Waals surface area contributed by atoms with Crippen LogP contribution in [0.1, 0.15) is 25.5 Å². The lowest BCUT2D eigenvalue weighted by molar-refractivity contribution is -0.115. The summed E-state index contributed by atoms with van der Waals surface area (Å²) in [6, 6.07) is 7.41. The summed E-state index contributed by atoms with van der Waals surface area (Å²) in [4.78, 5) is 12.2. The van der Waals surface area contributed by atoms with Crippen molar-refractivity contribution in [1.82, 2.24) is 9.78 Å². The average molecular weight is 303 g/mol. The third-order valence-corrected chi connectivity index (χ3v) is 3.24. The zero-order chi connectivity index (χ0) is 16.1. The van der Waals surface area contributed by atoms with Crippen LogP contribution in [0.3, 0.4) is 0 Å². The van der Waals surface area contributed by atoms with Crippen molar-refractivity contribution in [2.24, 2.45) is 0 Å². The minimum Gasteiger partial charge on any atom is -0.493 e. The molecule has 0 atom stereocenters. The second-order valence-electron chi connectivity index (χ2n) is 5.17. The van der Waals surface area contributed by atoms with Gasteiger partial charge in [-0.1, -0.05) is 6.07 Å². The van der Waals surface area contributed by atoms with Gasteiger partial charge in [-0.2, -0.15) is 5.10 Å². The van der Waals surface area contributed by atoms with Gasteiger partial charge >= 0.3 is 0 Å². The Bertz CT molecular complexity index is 650. The number of carbonyl (C=O) groups excluding carboxylic acids is 1. The molecule has 0 aliphatic carbocycles. The van der Waals surface area contributed by atoms with E-state index in [1.54, 1.807) is 43.3 Å². The largest absolute Gasteiger partial charge is 0.493 e. The van der Waals surface area contributed by atoms with Gasteiger partial charge in [0.2, 0.25) is 5.91 Å². The van der Waals surface area contributed by atoms with E-state index in [2.05, 4.69) is 10.4 Å². The number of amides is 1. The van der Waals surface area contributed by atoms with Crippen LogP contribution in [-0.2, 0) is 11.2 Å².